The van der Waals surface area contributed by atoms with E-state index >= 15 is 0 Å². The van der Waals surface area contributed by atoms with Crippen molar-refractivity contribution in [2.75, 3.05) is 5.32 Å². The molecule has 0 aliphatic carbocycles. The van der Waals surface area contributed by atoms with Crippen LogP contribution in [0.2, 0.25) is 0 Å². The molecule has 0 saturated carbocycles. The Hall–Kier alpha value is -2.36. The zero-order valence-electron chi connectivity index (χ0n) is 12.9. The molecule has 2 rings (SSSR count). The first-order valence-electron chi connectivity index (χ1n) is 7.07. The summed E-state index contributed by atoms with van der Waals surface area (Å²) in [5.74, 6) is -0.150. The monoisotopic (exact) mass is 283 g/mol. The number of carbonyl (C=O) groups excluding carboxylic acids is 1. The highest BCUT2D eigenvalue weighted by molar-refractivity contribution is 5.92. The van der Waals surface area contributed by atoms with Crippen molar-refractivity contribution in [2.24, 2.45) is 0 Å². The number of benzene rings is 1. The van der Waals surface area contributed by atoms with E-state index in [1.54, 1.807) is 12.3 Å². The second-order valence-electron chi connectivity index (χ2n) is 5.48. The minimum atomic E-state index is -0.150. The first-order chi connectivity index (χ1) is 9.95. The van der Waals surface area contributed by atoms with E-state index in [0.29, 0.717) is 5.69 Å². The van der Waals surface area contributed by atoms with Crippen LogP contribution in [-0.4, -0.2) is 16.9 Å². The third-order valence-corrected chi connectivity index (χ3v) is 3.21. The molecule has 0 aliphatic heterocycles. The lowest BCUT2D eigenvalue weighted by molar-refractivity contribution is 0.0938. The smallest absolute Gasteiger partial charge is 0.270 e. The van der Waals surface area contributed by atoms with Gasteiger partial charge in [0.1, 0.15) is 5.69 Å². The van der Waals surface area contributed by atoms with E-state index in [1.807, 2.05) is 26.0 Å². The number of aryl methyl sites for hydroxylation is 2. The fourth-order valence-corrected chi connectivity index (χ4v) is 1.92. The molecular weight excluding hydrogens is 262 g/mol. The topological polar surface area (TPSA) is 54.0 Å². The molecule has 110 valence electrons. The highest BCUT2D eigenvalue weighted by Crippen LogP contribution is 2.19. The average Bonchev–Trinajstić information content (AvgIpc) is 2.43. The Kier molecular flexibility index (Phi) is 4.58. The van der Waals surface area contributed by atoms with Crippen molar-refractivity contribution >= 4 is 17.3 Å². The van der Waals surface area contributed by atoms with Gasteiger partial charge in [0.25, 0.3) is 5.91 Å². The third-order valence-electron chi connectivity index (χ3n) is 3.21. The maximum atomic E-state index is 11.8. The molecule has 2 aromatic rings. The molecule has 0 bridgehead atoms. The van der Waals surface area contributed by atoms with Crippen LogP contribution in [0.25, 0.3) is 0 Å². The third kappa shape index (κ3) is 4.05. The molecule has 4 nitrogen and oxygen atoms in total. The van der Waals surface area contributed by atoms with Gasteiger partial charge in [0, 0.05) is 11.7 Å². The first kappa shape index (κ1) is 15.0. The largest absolute Gasteiger partial charge is 0.354 e. The molecule has 0 radical (unpaired) electrons. The summed E-state index contributed by atoms with van der Waals surface area (Å²) in [5.41, 5.74) is 4.80. The van der Waals surface area contributed by atoms with Crippen LogP contribution in [0.3, 0.4) is 0 Å². The molecule has 2 N–H and O–H groups in total. The minimum Gasteiger partial charge on any atom is -0.354 e. The summed E-state index contributed by atoms with van der Waals surface area (Å²) in [7, 11) is 0. The highest BCUT2D eigenvalue weighted by Gasteiger charge is 2.08. The molecular formula is C17H21N3O. The molecule has 1 heterocycles. The molecule has 0 saturated heterocycles. The van der Waals surface area contributed by atoms with E-state index < -0.39 is 0 Å². The second kappa shape index (κ2) is 6.39. The van der Waals surface area contributed by atoms with Crippen molar-refractivity contribution in [2.45, 2.75) is 33.7 Å². The Labute approximate surface area is 125 Å². The Morgan fingerprint density at radius 2 is 1.76 bits per heavy atom. The van der Waals surface area contributed by atoms with Crippen LogP contribution in [0.5, 0.6) is 0 Å². The van der Waals surface area contributed by atoms with Gasteiger partial charge in [-0.25, -0.2) is 4.98 Å². The zero-order valence-corrected chi connectivity index (χ0v) is 12.9. The molecule has 0 unspecified atom stereocenters. The second-order valence-corrected chi connectivity index (χ2v) is 5.48. The molecule has 1 amide bonds. The number of rotatable bonds is 4. The molecule has 0 atom stereocenters. The zero-order chi connectivity index (χ0) is 15.4. The van der Waals surface area contributed by atoms with Gasteiger partial charge in [0.05, 0.1) is 11.9 Å². The van der Waals surface area contributed by atoms with E-state index in [-0.39, 0.29) is 11.9 Å². The van der Waals surface area contributed by atoms with Gasteiger partial charge < -0.3 is 10.6 Å². The molecule has 1 aromatic heterocycles. The normalized spacial score (nSPS) is 10.5. The lowest BCUT2D eigenvalue weighted by Gasteiger charge is -2.10. The fraction of sp³-hybridized carbons (Fsp3) is 0.294. The summed E-state index contributed by atoms with van der Waals surface area (Å²) >= 11 is 0. The van der Waals surface area contributed by atoms with Gasteiger partial charge in [0.15, 0.2) is 0 Å². The number of pyridine rings is 1. The molecule has 21 heavy (non-hydrogen) atoms. The molecule has 0 aliphatic rings. The van der Waals surface area contributed by atoms with Crippen LogP contribution in [0.15, 0.2) is 36.5 Å². The van der Waals surface area contributed by atoms with Crippen molar-refractivity contribution < 1.29 is 4.79 Å². The van der Waals surface area contributed by atoms with Gasteiger partial charge in [-0.2, -0.15) is 0 Å². The summed E-state index contributed by atoms with van der Waals surface area (Å²) in [5, 5.41) is 6.10. The van der Waals surface area contributed by atoms with E-state index in [1.165, 1.54) is 11.1 Å². The van der Waals surface area contributed by atoms with Gasteiger partial charge in [0.2, 0.25) is 0 Å². The summed E-state index contributed by atoms with van der Waals surface area (Å²) < 4.78 is 0. The van der Waals surface area contributed by atoms with Crippen LogP contribution in [0.1, 0.15) is 35.5 Å². The van der Waals surface area contributed by atoms with Crippen LogP contribution in [0.4, 0.5) is 11.4 Å². The van der Waals surface area contributed by atoms with Crippen molar-refractivity contribution in [3.63, 3.8) is 0 Å². The van der Waals surface area contributed by atoms with Crippen LogP contribution in [-0.2, 0) is 0 Å². The van der Waals surface area contributed by atoms with Gasteiger partial charge in [-0.15, -0.1) is 0 Å². The van der Waals surface area contributed by atoms with Crippen molar-refractivity contribution in [1.82, 2.24) is 10.3 Å². The van der Waals surface area contributed by atoms with Crippen molar-refractivity contribution in [3.05, 3.63) is 53.3 Å². The lowest BCUT2D eigenvalue weighted by atomic mass is 10.1. The van der Waals surface area contributed by atoms with Gasteiger partial charge in [-0.1, -0.05) is 6.07 Å². The first-order valence-corrected chi connectivity index (χ1v) is 7.07. The number of aromatic nitrogens is 1. The van der Waals surface area contributed by atoms with Gasteiger partial charge in [-0.05, 0) is 63.1 Å². The molecule has 0 spiro atoms. The predicted octanol–water partition coefficient (Wildman–Crippen LogP) is 3.58. The Balaban J connectivity index is 2.08. The maximum Gasteiger partial charge on any atom is 0.270 e. The molecule has 1 aromatic carbocycles. The van der Waals surface area contributed by atoms with Gasteiger partial charge >= 0.3 is 0 Å². The van der Waals surface area contributed by atoms with E-state index in [4.69, 9.17) is 0 Å². The lowest BCUT2D eigenvalue weighted by Crippen LogP contribution is -2.30. The Morgan fingerprint density at radius 1 is 1.05 bits per heavy atom. The number of hydrogen-bond acceptors (Lipinski definition) is 3. The number of nitrogens with one attached hydrogen (secondary N) is 2. The number of anilines is 2. The van der Waals surface area contributed by atoms with E-state index in [2.05, 4.69) is 41.6 Å². The highest BCUT2D eigenvalue weighted by atomic mass is 16.1. The summed E-state index contributed by atoms with van der Waals surface area (Å²) in [6.07, 6.45) is 1.67. The molecule has 0 fully saturated rings. The van der Waals surface area contributed by atoms with Gasteiger partial charge in [-0.3, -0.25) is 4.79 Å². The summed E-state index contributed by atoms with van der Waals surface area (Å²) in [6, 6.07) is 9.89. The standard InChI is InChI=1S/C17H21N3O/c1-11(2)19-17(21)16-8-7-15(10-18-16)20-14-6-5-12(3)13(4)9-14/h5-11,20H,1-4H3,(H,19,21). The number of carbonyl (C=O) groups is 1. The summed E-state index contributed by atoms with van der Waals surface area (Å²) in [4.78, 5) is 16.0. The average molecular weight is 283 g/mol. The van der Waals surface area contributed by atoms with Crippen molar-refractivity contribution in [1.29, 1.82) is 0 Å². The Morgan fingerprint density at radius 3 is 2.33 bits per heavy atom. The van der Waals surface area contributed by atoms with E-state index in [0.717, 1.165) is 11.4 Å². The number of amides is 1. The number of hydrogen-bond donors (Lipinski definition) is 2. The Bertz CT molecular complexity index is 633. The number of nitrogens with zero attached hydrogens (tertiary/aromatic N) is 1. The van der Waals surface area contributed by atoms with Crippen LogP contribution in [0, 0.1) is 13.8 Å². The van der Waals surface area contributed by atoms with Crippen LogP contribution < -0.4 is 10.6 Å². The minimum absolute atomic E-state index is 0.104. The fourth-order valence-electron chi connectivity index (χ4n) is 1.92. The van der Waals surface area contributed by atoms with Crippen molar-refractivity contribution in [3.8, 4) is 0 Å². The SMILES string of the molecule is Cc1ccc(Nc2ccc(C(=O)NC(C)C)nc2)cc1C. The van der Waals surface area contributed by atoms with Crippen LogP contribution >= 0.6 is 0 Å². The predicted molar refractivity (Wildman–Crippen MR) is 86.0 cm³/mol. The maximum absolute atomic E-state index is 11.8. The quantitative estimate of drug-likeness (QED) is 0.901. The van der Waals surface area contributed by atoms with E-state index in [9.17, 15) is 4.79 Å². The summed E-state index contributed by atoms with van der Waals surface area (Å²) in [6.45, 7) is 8.02. The molecule has 4 heteroatoms.